The van der Waals surface area contributed by atoms with Crippen LogP contribution in [0.1, 0.15) is 34.1 Å². The Balaban J connectivity index is 4.25. The van der Waals surface area contributed by atoms with Crippen molar-refractivity contribution in [3.63, 3.8) is 0 Å². The Morgan fingerprint density at radius 1 is 1.36 bits per heavy atom. The van der Waals surface area contributed by atoms with Gasteiger partial charge in [-0.2, -0.15) is 0 Å². The zero-order valence-electron chi connectivity index (χ0n) is 7.64. The summed E-state index contributed by atoms with van der Waals surface area (Å²) in [6, 6.07) is 0. The fourth-order valence-electron chi connectivity index (χ4n) is 1.18. The van der Waals surface area contributed by atoms with Crippen molar-refractivity contribution in [1.29, 1.82) is 0 Å². The van der Waals surface area contributed by atoms with Gasteiger partial charge in [-0.05, 0) is 18.8 Å². The Bertz CT molecular complexity index is 156. The van der Waals surface area contributed by atoms with Crippen molar-refractivity contribution in [2.45, 2.75) is 39.7 Å². The first-order valence-electron chi connectivity index (χ1n) is 3.67. The number of aliphatic carboxylic acids is 1. The maximum atomic E-state index is 10.6. The summed E-state index contributed by atoms with van der Waals surface area (Å²) in [4.78, 5) is 10.6. The van der Waals surface area contributed by atoms with Crippen LogP contribution in [0.4, 0.5) is 0 Å². The molecule has 66 valence electrons. The first-order valence-corrected chi connectivity index (χ1v) is 3.67. The maximum absolute atomic E-state index is 10.6. The summed E-state index contributed by atoms with van der Waals surface area (Å²) in [6.07, 6.45) is 0.481. The van der Waals surface area contributed by atoms with E-state index < -0.39 is 11.5 Å². The first-order chi connectivity index (χ1) is 4.65. The molecule has 0 bridgehead atoms. The molecule has 3 nitrogen and oxygen atoms in total. The van der Waals surface area contributed by atoms with Crippen molar-refractivity contribution in [2.24, 2.45) is 11.1 Å². The van der Waals surface area contributed by atoms with E-state index in [0.29, 0.717) is 6.42 Å². The molecule has 0 aliphatic heterocycles. The van der Waals surface area contributed by atoms with Crippen LogP contribution in [-0.2, 0) is 4.79 Å². The van der Waals surface area contributed by atoms with E-state index in [1.807, 2.05) is 20.8 Å². The molecule has 0 rings (SSSR count). The molecule has 0 aromatic heterocycles. The molecule has 0 amide bonds. The zero-order chi connectivity index (χ0) is 9.28. The second kappa shape index (κ2) is 2.81. The van der Waals surface area contributed by atoms with Crippen molar-refractivity contribution in [3.05, 3.63) is 0 Å². The molecule has 0 heterocycles. The lowest BCUT2D eigenvalue weighted by atomic mass is 9.81. The fourth-order valence-corrected chi connectivity index (χ4v) is 1.18. The predicted molar refractivity (Wildman–Crippen MR) is 44.3 cm³/mol. The molecule has 3 N–H and O–H groups in total. The third kappa shape index (κ3) is 3.98. The van der Waals surface area contributed by atoms with Gasteiger partial charge in [-0.1, -0.05) is 20.8 Å². The number of rotatable bonds is 2. The SMILES string of the molecule is CC(C)(C)CC(C)(N)C(=O)O. The molecule has 0 aromatic rings. The van der Waals surface area contributed by atoms with Crippen molar-refractivity contribution in [2.75, 3.05) is 0 Å². The van der Waals surface area contributed by atoms with Gasteiger partial charge in [0, 0.05) is 0 Å². The van der Waals surface area contributed by atoms with E-state index in [2.05, 4.69) is 0 Å². The molecule has 0 aliphatic rings. The molecule has 0 aromatic carbocycles. The molecule has 0 saturated carbocycles. The third-order valence-corrected chi connectivity index (χ3v) is 1.39. The van der Waals surface area contributed by atoms with Crippen molar-refractivity contribution >= 4 is 5.97 Å². The van der Waals surface area contributed by atoms with Gasteiger partial charge in [-0.25, -0.2) is 0 Å². The molecule has 1 atom stereocenters. The lowest BCUT2D eigenvalue weighted by Crippen LogP contribution is -2.47. The summed E-state index contributed by atoms with van der Waals surface area (Å²) in [5.41, 5.74) is 4.41. The Labute approximate surface area is 67.6 Å². The number of hydrogen-bond acceptors (Lipinski definition) is 2. The quantitative estimate of drug-likeness (QED) is 0.636. The Morgan fingerprint density at radius 2 is 1.73 bits per heavy atom. The van der Waals surface area contributed by atoms with Crippen LogP contribution in [0.2, 0.25) is 0 Å². The average Bonchev–Trinajstić information content (AvgIpc) is 1.56. The molecular weight excluding hydrogens is 142 g/mol. The Kier molecular flexibility index (Phi) is 2.67. The fraction of sp³-hybridized carbons (Fsp3) is 0.875. The average molecular weight is 159 g/mol. The second-order valence-electron chi connectivity index (χ2n) is 4.46. The van der Waals surface area contributed by atoms with E-state index in [4.69, 9.17) is 10.8 Å². The van der Waals surface area contributed by atoms with Crippen LogP contribution in [-0.4, -0.2) is 16.6 Å². The summed E-state index contributed by atoms with van der Waals surface area (Å²) < 4.78 is 0. The van der Waals surface area contributed by atoms with Gasteiger partial charge in [-0.15, -0.1) is 0 Å². The van der Waals surface area contributed by atoms with Gasteiger partial charge in [0.25, 0.3) is 0 Å². The summed E-state index contributed by atoms with van der Waals surface area (Å²) in [7, 11) is 0. The van der Waals surface area contributed by atoms with E-state index in [1.54, 1.807) is 6.92 Å². The first kappa shape index (κ1) is 10.4. The predicted octanol–water partition coefficient (Wildman–Crippen LogP) is 1.22. The highest BCUT2D eigenvalue weighted by Crippen LogP contribution is 2.25. The maximum Gasteiger partial charge on any atom is 0.323 e. The molecule has 3 heteroatoms. The van der Waals surface area contributed by atoms with Gasteiger partial charge in [0.05, 0.1) is 0 Å². The molecule has 1 unspecified atom stereocenters. The molecular formula is C8H17NO2. The molecule has 0 aliphatic carbocycles. The molecule has 11 heavy (non-hydrogen) atoms. The van der Waals surface area contributed by atoms with Crippen LogP contribution < -0.4 is 5.73 Å². The minimum absolute atomic E-state index is 0.0398. The van der Waals surface area contributed by atoms with Crippen molar-refractivity contribution < 1.29 is 9.90 Å². The second-order valence-corrected chi connectivity index (χ2v) is 4.46. The smallest absolute Gasteiger partial charge is 0.323 e. The van der Waals surface area contributed by atoms with Crippen LogP contribution in [0, 0.1) is 5.41 Å². The van der Waals surface area contributed by atoms with Crippen molar-refractivity contribution in [3.8, 4) is 0 Å². The largest absolute Gasteiger partial charge is 0.480 e. The minimum Gasteiger partial charge on any atom is -0.480 e. The number of carbonyl (C=O) groups is 1. The molecule has 0 fully saturated rings. The minimum atomic E-state index is -1.10. The van der Waals surface area contributed by atoms with Crippen LogP contribution in [0.3, 0.4) is 0 Å². The van der Waals surface area contributed by atoms with Gasteiger partial charge in [-0.3, -0.25) is 4.79 Å². The summed E-state index contributed by atoms with van der Waals surface area (Å²) in [6.45, 7) is 7.46. The van der Waals surface area contributed by atoms with Gasteiger partial charge >= 0.3 is 5.97 Å². The summed E-state index contributed by atoms with van der Waals surface area (Å²) in [5.74, 6) is -0.938. The van der Waals surface area contributed by atoms with E-state index >= 15 is 0 Å². The van der Waals surface area contributed by atoms with Gasteiger partial charge in [0.15, 0.2) is 0 Å². The van der Waals surface area contributed by atoms with Crippen LogP contribution in [0.25, 0.3) is 0 Å². The van der Waals surface area contributed by atoms with E-state index in [0.717, 1.165) is 0 Å². The zero-order valence-corrected chi connectivity index (χ0v) is 7.64. The van der Waals surface area contributed by atoms with Gasteiger partial charge < -0.3 is 10.8 Å². The van der Waals surface area contributed by atoms with Crippen LogP contribution >= 0.6 is 0 Å². The van der Waals surface area contributed by atoms with E-state index in [-0.39, 0.29) is 5.41 Å². The Hall–Kier alpha value is -0.570. The highest BCUT2D eigenvalue weighted by molar-refractivity contribution is 5.77. The van der Waals surface area contributed by atoms with Crippen molar-refractivity contribution in [1.82, 2.24) is 0 Å². The number of nitrogens with two attached hydrogens (primary N) is 1. The third-order valence-electron chi connectivity index (χ3n) is 1.39. The standard InChI is InChI=1S/C8H17NO2/c1-7(2,3)5-8(4,9)6(10)11/h5,9H2,1-4H3,(H,10,11). The van der Waals surface area contributed by atoms with Crippen LogP contribution in [0.15, 0.2) is 0 Å². The molecule has 0 spiro atoms. The molecule has 0 saturated heterocycles. The summed E-state index contributed by atoms with van der Waals surface area (Å²) >= 11 is 0. The molecule has 0 radical (unpaired) electrons. The monoisotopic (exact) mass is 159 g/mol. The lowest BCUT2D eigenvalue weighted by Gasteiger charge is -2.28. The van der Waals surface area contributed by atoms with E-state index in [1.165, 1.54) is 0 Å². The highest BCUT2D eigenvalue weighted by atomic mass is 16.4. The van der Waals surface area contributed by atoms with Gasteiger partial charge in [0.2, 0.25) is 0 Å². The highest BCUT2D eigenvalue weighted by Gasteiger charge is 2.32. The van der Waals surface area contributed by atoms with Gasteiger partial charge in [0.1, 0.15) is 5.54 Å². The number of carboxylic acids is 1. The Morgan fingerprint density at radius 3 is 1.82 bits per heavy atom. The lowest BCUT2D eigenvalue weighted by molar-refractivity contribution is -0.143. The normalized spacial score (nSPS) is 17.5. The number of carboxylic acid groups (broad SMARTS) is 1. The number of hydrogen-bond donors (Lipinski definition) is 2. The topological polar surface area (TPSA) is 63.3 Å². The van der Waals surface area contributed by atoms with Crippen LogP contribution in [0.5, 0.6) is 0 Å². The summed E-state index contributed by atoms with van der Waals surface area (Å²) in [5, 5.41) is 8.68. The van der Waals surface area contributed by atoms with E-state index in [9.17, 15) is 4.79 Å².